The van der Waals surface area contributed by atoms with Crippen LogP contribution in [0.1, 0.15) is 5.56 Å². The van der Waals surface area contributed by atoms with Crippen molar-refractivity contribution in [3.05, 3.63) is 23.8 Å². The number of hydrogen-bond donors (Lipinski definition) is 1. The van der Waals surface area contributed by atoms with E-state index in [-0.39, 0.29) is 11.3 Å². The Morgan fingerprint density at radius 1 is 1.44 bits per heavy atom. The van der Waals surface area contributed by atoms with Gasteiger partial charge in [-0.2, -0.15) is 18.4 Å². The van der Waals surface area contributed by atoms with Gasteiger partial charge in [0.25, 0.3) is 0 Å². The molecule has 0 aliphatic heterocycles. The Morgan fingerprint density at radius 2 is 2.12 bits per heavy atom. The minimum atomic E-state index is -4.29. The van der Waals surface area contributed by atoms with Crippen LogP contribution in [0, 0.1) is 11.3 Å². The van der Waals surface area contributed by atoms with Gasteiger partial charge in [0.1, 0.15) is 12.6 Å². The third kappa shape index (κ3) is 3.35. The van der Waals surface area contributed by atoms with Crippen molar-refractivity contribution in [3.8, 4) is 6.07 Å². The molecule has 0 spiro atoms. The van der Waals surface area contributed by atoms with Crippen LogP contribution in [0.5, 0.6) is 0 Å². The summed E-state index contributed by atoms with van der Waals surface area (Å²) in [6.07, 6.45) is -2.52. The van der Waals surface area contributed by atoms with Crippen LogP contribution >= 0.6 is 11.8 Å². The van der Waals surface area contributed by atoms with Crippen LogP contribution in [-0.2, 0) is 0 Å². The van der Waals surface area contributed by atoms with Crippen LogP contribution in [-0.4, -0.2) is 19.0 Å². The SMILES string of the molecule is CSc1cccc(NCC(F)(F)F)c1C#N. The van der Waals surface area contributed by atoms with Crippen molar-refractivity contribution in [2.75, 3.05) is 18.1 Å². The molecule has 0 aliphatic rings. The molecular formula is C10H9F3N2S. The van der Waals surface area contributed by atoms with E-state index in [4.69, 9.17) is 5.26 Å². The van der Waals surface area contributed by atoms with Crippen molar-refractivity contribution in [2.45, 2.75) is 11.1 Å². The highest BCUT2D eigenvalue weighted by molar-refractivity contribution is 7.98. The van der Waals surface area contributed by atoms with E-state index in [0.717, 1.165) is 0 Å². The normalized spacial score (nSPS) is 10.9. The quantitative estimate of drug-likeness (QED) is 0.831. The topological polar surface area (TPSA) is 35.8 Å². The molecule has 0 saturated heterocycles. The van der Waals surface area contributed by atoms with E-state index in [2.05, 4.69) is 5.32 Å². The number of thioether (sulfide) groups is 1. The molecule has 1 aromatic carbocycles. The van der Waals surface area contributed by atoms with Crippen molar-refractivity contribution in [2.24, 2.45) is 0 Å². The van der Waals surface area contributed by atoms with Gasteiger partial charge in [-0.25, -0.2) is 0 Å². The van der Waals surface area contributed by atoms with Gasteiger partial charge in [0.05, 0.1) is 11.3 Å². The Balaban J connectivity index is 2.93. The van der Waals surface area contributed by atoms with Crippen LogP contribution in [0.25, 0.3) is 0 Å². The van der Waals surface area contributed by atoms with Crippen molar-refractivity contribution < 1.29 is 13.2 Å². The van der Waals surface area contributed by atoms with Gasteiger partial charge in [-0.15, -0.1) is 11.8 Å². The summed E-state index contributed by atoms with van der Waals surface area (Å²) in [5.74, 6) is 0. The smallest absolute Gasteiger partial charge is 0.375 e. The molecule has 1 rings (SSSR count). The first-order valence-electron chi connectivity index (χ1n) is 4.35. The Hall–Kier alpha value is -1.35. The number of nitriles is 1. The molecule has 1 aromatic rings. The fraction of sp³-hybridized carbons (Fsp3) is 0.300. The molecule has 0 fully saturated rings. The summed E-state index contributed by atoms with van der Waals surface area (Å²) < 4.78 is 36.0. The Kier molecular flexibility index (Phi) is 4.07. The summed E-state index contributed by atoms with van der Waals surface area (Å²) in [6.45, 7) is -1.14. The van der Waals surface area contributed by atoms with Gasteiger partial charge < -0.3 is 5.32 Å². The van der Waals surface area contributed by atoms with Crippen molar-refractivity contribution in [1.29, 1.82) is 5.26 Å². The van der Waals surface area contributed by atoms with E-state index in [0.29, 0.717) is 4.90 Å². The van der Waals surface area contributed by atoms with Crippen LogP contribution in [0.4, 0.5) is 18.9 Å². The maximum Gasteiger partial charge on any atom is 0.405 e. The molecule has 1 N–H and O–H groups in total. The molecule has 0 aromatic heterocycles. The fourth-order valence-electron chi connectivity index (χ4n) is 1.16. The molecular weight excluding hydrogens is 237 g/mol. The lowest BCUT2D eigenvalue weighted by molar-refractivity contribution is -0.115. The van der Waals surface area contributed by atoms with Gasteiger partial charge in [-0.3, -0.25) is 0 Å². The largest absolute Gasteiger partial charge is 0.405 e. The first-order chi connectivity index (χ1) is 7.48. The summed E-state index contributed by atoms with van der Waals surface area (Å²) in [6, 6.07) is 6.68. The number of nitrogens with one attached hydrogen (secondary N) is 1. The van der Waals surface area contributed by atoms with Gasteiger partial charge in [0.2, 0.25) is 0 Å². The van der Waals surface area contributed by atoms with E-state index in [1.165, 1.54) is 17.8 Å². The van der Waals surface area contributed by atoms with E-state index in [1.807, 2.05) is 6.07 Å². The van der Waals surface area contributed by atoms with Gasteiger partial charge in [0.15, 0.2) is 0 Å². The van der Waals surface area contributed by atoms with E-state index >= 15 is 0 Å². The summed E-state index contributed by atoms with van der Waals surface area (Å²) in [7, 11) is 0. The molecule has 0 amide bonds. The maximum absolute atomic E-state index is 12.0. The summed E-state index contributed by atoms with van der Waals surface area (Å²) in [5.41, 5.74) is 0.464. The van der Waals surface area contributed by atoms with Crippen molar-refractivity contribution in [1.82, 2.24) is 0 Å². The second-order valence-corrected chi connectivity index (χ2v) is 3.81. The van der Waals surface area contributed by atoms with Gasteiger partial charge >= 0.3 is 6.18 Å². The summed E-state index contributed by atoms with van der Waals surface area (Å²) in [5, 5.41) is 11.1. The van der Waals surface area contributed by atoms with E-state index in [1.54, 1.807) is 18.4 Å². The minimum absolute atomic E-state index is 0.215. The first kappa shape index (κ1) is 12.7. The number of hydrogen-bond acceptors (Lipinski definition) is 3. The Morgan fingerprint density at radius 3 is 2.62 bits per heavy atom. The molecule has 2 nitrogen and oxygen atoms in total. The lowest BCUT2D eigenvalue weighted by atomic mass is 10.2. The molecule has 0 bridgehead atoms. The second-order valence-electron chi connectivity index (χ2n) is 2.96. The van der Waals surface area contributed by atoms with Crippen LogP contribution in [0.3, 0.4) is 0 Å². The first-order valence-corrected chi connectivity index (χ1v) is 5.58. The highest BCUT2D eigenvalue weighted by atomic mass is 32.2. The Bertz CT molecular complexity index is 410. The standard InChI is InChI=1S/C10H9F3N2S/c1-16-9-4-2-3-8(7(9)5-14)15-6-10(11,12)13/h2-4,15H,6H2,1H3. The Labute approximate surface area is 95.5 Å². The lowest BCUT2D eigenvalue weighted by Gasteiger charge is -2.12. The van der Waals surface area contributed by atoms with Crippen LogP contribution in [0.15, 0.2) is 23.1 Å². The predicted molar refractivity (Wildman–Crippen MR) is 57.5 cm³/mol. The van der Waals surface area contributed by atoms with Crippen LogP contribution in [0.2, 0.25) is 0 Å². The van der Waals surface area contributed by atoms with E-state index < -0.39 is 12.7 Å². The van der Waals surface area contributed by atoms with Crippen molar-refractivity contribution in [3.63, 3.8) is 0 Å². The van der Waals surface area contributed by atoms with Gasteiger partial charge in [0, 0.05) is 4.90 Å². The molecule has 16 heavy (non-hydrogen) atoms. The minimum Gasteiger partial charge on any atom is -0.375 e. The maximum atomic E-state index is 12.0. The zero-order chi connectivity index (χ0) is 12.2. The summed E-state index contributed by atoms with van der Waals surface area (Å²) in [4.78, 5) is 0.662. The highest BCUT2D eigenvalue weighted by Gasteiger charge is 2.27. The third-order valence-corrected chi connectivity index (χ3v) is 2.62. The predicted octanol–water partition coefficient (Wildman–Crippen LogP) is 3.25. The lowest BCUT2D eigenvalue weighted by Crippen LogP contribution is -2.21. The fourth-order valence-corrected chi connectivity index (χ4v) is 1.73. The number of benzene rings is 1. The molecule has 0 unspecified atom stereocenters. The molecule has 0 heterocycles. The average molecular weight is 246 g/mol. The molecule has 0 aliphatic carbocycles. The van der Waals surface area contributed by atoms with Gasteiger partial charge in [-0.1, -0.05) is 6.07 Å². The monoisotopic (exact) mass is 246 g/mol. The summed E-state index contributed by atoms with van der Waals surface area (Å²) >= 11 is 1.32. The number of nitrogens with zero attached hydrogens (tertiary/aromatic N) is 1. The zero-order valence-corrected chi connectivity index (χ0v) is 9.25. The molecule has 0 saturated carbocycles. The highest BCUT2D eigenvalue weighted by Crippen LogP contribution is 2.27. The number of anilines is 1. The third-order valence-electron chi connectivity index (χ3n) is 1.84. The molecule has 86 valence electrons. The average Bonchev–Trinajstić information content (AvgIpc) is 2.24. The molecule has 0 atom stereocenters. The molecule has 0 radical (unpaired) electrons. The number of alkyl halides is 3. The second kappa shape index (κ2) is 5.12. The van der Waals surface area contributed by atoms with Gasteiger partial charge in [-0.05, 0) is 18.4 Å². The number of halogens is 3. The van der Waals surface area contributed by atoms with Crippen LogP contribution < -0.4 is 5.32 Å². The number of rotatable bonds is 3. The molecule has 6 heteroatoms. The zero-order valence-electron chi connectivity index (χ0n) is 8.43. The van der Waals surface area contributed by atoms with E-state index in [9.17, 15) is 13.2 Å². The van der Waals surface area contributed by atoms with Crippen molar-refractivity contribution >= 4 is 17.4 Å².